The number of carbonyl (C=O) groups excluding carboxylic acids is 16. The number of amides is 11. The molecule has 0 saturated carbocycles. The highest BCUT2D eigenvalue weighted by atomic mass is 16.6. The maximum atomic E-state index is 10.9. The third kappa shape index (κ3) is 120. The smallest absolute Gasteiger partial charge is 0.330 e. The average Bonchev–Trinajstić information content (AvgIpc) is 0.999. The molecule has 0 atom stereocenters. The maximum absolute atomic E-state index is 10.9. The van der Waals surface area contributed by atoms with Crippen LogP contribution in [0.1, 0.15) is 70.6 Å². The highest BCUT2D eigenvalue weighted by Crippen LogP contribution is 1.99. The molecule has 0 fully saturated rings. The number of allylic oxidation sites excluding steroid dienone is 3. The Labute approximate surface area is 731 Å². The lowest BCUT2D eigenvalue weighted by Gasteiger charge is -2.07. The minimum absolute atomic E-state index is 0.00264. The SMILES string of the molecule is C=CC(=O)CCCCOCCOCCCNC(=O)C=C.C=CC(=O)CCCNC(=O)C=C.C=CC(=O)CCCOCCOCCNC(=O)C=C.C=CC(=O)NCCCNC(=O)C=C.C=CC(=O)NCCOCCNC(=O)C=C.C=CC(=O)NCCOCCOCCOCCNC(=O)C=C.C=CC(=O)NCNC(=O)C=C.C=CC(=O)OCCCCOC(=O)C=C. The van der Waals surface area contributed by atoms with Crippen molar-refractivity contribution in [3.63, 3.8) is 0 Å². The van der Waals surface area contributed by atoms with E-state index in [4.69, 9.17) is 47.4 Å². The van der Waals surface area contributed by atoms with Gasteiger partial charge in [-0.1, -0.05) is 105 Å². The van der Waals surface area contributed by atoms with Gasteiger partial charge in [0.25, 0.3) is 0 Å². The Kier molecular flexibility index (Phi) is 109. The van der Waals surface area contributed by atoms with Gasteiger partial charge in [-0.25, -0.2) is 9.59 Å². The van der Waals surface area contributed by atoms with Crippen molar-refractivity contribution < 1.29 is 124 Å². The van der Waals surface area contributed by atoms with E-state index in [0.717, 1.165) is 43.6 Å². The van der Waals surface area contributed by atoms with Gasteiger partial charge in [0.1, 0.15) is 0 Å². The fourth-order valence-corrected chi connectivity index (χ4v) is 6.73. The van der Waals surface area contributed by atoms with Crippen LogP contribution in [0.4, 0.5) is 0 Å². The normalized spacial score (nSPS) is 9.26. The molecule has 11 amide bonds. The standard InChI is InChI=1S/C15H25NO4.C14H24N2O5.C13H21NO4.C10H16N2O3.C10H14O4.C9H14N2O2.C9H13NO2.C7H10N2O2/c1-3-14(17)8-5-6-10-19-12-13-20-11-7-9-16-15(18)4-2;1-3-13(17)15-5-7-19-9-11-21-12-10-20-8-6-16-14(18)4-2;1-3-12(15)6-5-8-17-10-11-18-9-7-14-13(16)4-2;1-3-9(13)11-5-7-15-8-6-12-10(14)4-2;1-3-9(11)13-7-5-6-8-14-10(12)4-2;1-3-8(12)10-6-5-7-11-9(13)4-2;1-3-8(11)6-5-7-10-9(12)4-2;1-3-6(10)8-5-9-7(11)4-2/h3-4H,1-2,5-13H2,(H,16,18);3-4H,1-2,5-12H2,(H,15,17)(H,16,18);3-4H,1-2,5-11H2,(H,14,16);3-4H,1-2,5-8H2,(H,11,13)(H,12,14);3-4H,1-2,5-8H2;3-4H,1-2,5-7H2,(H,10,12)(H,11,13);3-4H,1-2,5-7H2,(H,10,12);3-4H,1-2,5H2,(H,8,10)(H,9,11). The van der Waals surface area contributed by atoms with Crippen molar-refractivity contribution in [2.24, 2.45) is 0 Å². The van der Waals surface area contributed by atoms with E-state index in [-0.39, 0.29) is 89.0 Å². The van der Waals surface area contributed by atoms with Crippen molar-refractivity contribution in [2.75, 3.05) is 184 Å². The first-order valence-electron chi connectivity index (χ1n) is 39.2. The number of carbonyl (C=O) groups is 16. The molecule has 0 aliphatic rings. The maximum Gasteiger partial charge on any atom is 0.330 e. The van der Waals surface area contributed by atoms with E-state index < -0.39 is 11.9 Å². The fourth-order valence-electron chi connectivity index (χ4n) is 6.73. The van der Waals surface area contributed by atoms with Crippen molar-refractivity contribution in [1.82, 2.24) is 58.5 Å². The summed E-state index contributed by atoms with van der Waals surface area (Å²) in [6.07, 6.45) is 26.6. The summed E-state index contributed by atoms with van der Waals surface area (Å²) in [5.74, 6) is -3.25. The van der Waals surface area contributed by atoms with Crippen molar-refractivity contribution in [1.29, 1.82) is 0 Å². The molecule has 11 N–H and O–H groups in total. The van der Waals surface area contributed by atoms with Gasteiger partial charge in [-0.05, 0) is 136 Å². The van der Waals surface area contributed by atoms with Crippen LogP contribution >= 0.6 is 0 Å². The van der Waals surface area contributed by atoms with E-state index in [1.807, 2.05) is 0 Å². The molecule has 124 heavy (non-hydrogen) atoms. The van der Waals surface area contributed by atoms with E-state index in [0.29, 0.717) is 229 Å². The van der Waals surface area contributed by atoms with E-state index in [9.17, 15) is 76.7 Å². The second kappa shape index (κ2) is 107. The van der Waals surface area contributed by atoms with Crippen LogP contribution in [0.5, 0.6) is 0 Å². The summed E-state index contributed by atoms with van der Waals surface area (Å²) in [6.45, 7) is 65.9. The van der Waals surface area contributed by atoms with Crippen LogP contribution in [0.25, 0.3) is 0 Å². The summed E-state index contributed by atoms with van der Waals surface area (Å²) >= 11 is 0. The molecular formula is C87H137N11O26. The van der Waals surface area contributed by atoms with Crippen LogP contribution in [0.3, 0.4) is 0 Å². The molecule has 0 rings (SSSR count). The predicted octanol–water partition coefficient (Wildman–Crippen LogP) is 3.32. The lowest BCUT2D eigenvalue weighted by molar-refractivity contribution is -0.140. The van der Waals surface area contributed by atoms with Crippen molar-refractivity contribution in [3.8, 4) is 0 Å². The lowest BCUT2D eigenvalue weighted by atomic mass is 10.2. The minimum atomic E-state index is -0.437. The number of unbranched alkanes of at least 4 members (excludes halogenated alkanes) is 2. The molecule has 0 aromatic rings. The first kappa shape index (κ1) is 127. The molecule has 0 radical (unpaired) electrons. The molecule has 0 aliphatic heterocycles. The van der Waals surface area contributed by atoms with Crippen LogP contribution in [0, 0.1) is 0 Å². The lowest BCUT2D eigenvalue weighted by Crippen LogP contribution is -2.35. The molecule has 0 bridgehead atoms. The van der Waals surface area contributed by atoms with Gasteiger partial charge in [0.2, 0.25) is 65.0 Å². The third-order valence-electron chi connectivity index (χ3n) is 13.1. The van der Waals surface area contributed by atoms with Crippen molar-refractivity contribution in [2.45, 2.75) is 70.6 Å². The summed E-state index contributed by atoms with van der Waals surface area (Å²) < 4.78 is 51.5. The van der Waals surface area contributed by atoms with Crippen LogP contribution in [-0.2, 0) is 124 Å². The Morgan fingerprint density at radius 3 is 0.629 bits per heavy atom. The zero-order chi connectivity index (χ0) is 95.0. The summed E-state index contributed by atoms with van der Waals surface area (Å²) in [5, 5.41) is 28.0. The van der Waals surface area contributed by atoms with Gasteiger partial charge in [-0.15, -0.1) is 0 Å². The Hall–Kier alpha value is -12.4. The van der Waals surface area contributed by atoms with E-state index in [2.05, 4.69) is 164 Å². The van der Waals surface area contributed by atoms with Crippen LogP contribution in [-0.4, -0.2) is 279 Å². The molecule has 0 saturated heterocycles. The molecule has 0 aliphatic carbocycles. The summed E-state index contributed by atoms with van der Waals surface area (Å²) in [7, 11) is 0. The van der Waals surface area contributed by atoms with Gasteiger partial charge in [0, 0.05) is 110 Å². The monoisotopic (exact) mass is 1750 g/mol. The second-order valence-electron chi connectivity index (χ2n) is 22.9. The van der Waals surface area contributed by atoms with Crippen molar-refractivity contribution in [3.05, 3.63) is 202 Å². The van der Waals surface area contributed by atoms with E-state index in [1.54, 1.807) is 0 Å². The number of ketones is 3. The number of esters is 2. The highest BCUT2D eigenvalue weighted by Gasteiger charge is 2.04. The number of rotatable bonds is 71. The van der Waals surface area contributed by atoms with Gasteiger partial charge in [0.05, 0.1) is 106 Å². The van der Waals surface area contributed by atoms with Crippen LogP contribution in [0.15, 0.2) is 202 Å². The van der Waals surface area contributed by atoms with Crippen LogP contribution < -0.4 is 58.5 Å². The van der Waals surface area contributed by atoms with E-state index in [1.165, 1.54) is 72.9 Å². The number of hydrogen-bond donors (Lipinski definition) is 11. The van der Waals surface area contributed by atoms with Crippen LogP contribution in [0.2, 0.25) is 0 Å². The Balaban J connectivity index is -0.000000209. The van der Waals surface area contributed by atoms with Gasteiger partial charge in [-0.2, -0.15) is 0 Å². The topological polar surface area (TPSA) is 498 Å². The Bertz CT molecular complexity index is 2980. The molecule has 0 unspecified atom stereocenters. The third-order valence-corrected chi connectivity index (χ3v) is 13.1. The zero-order valence-corrected chi connectivity index (χ0v) is 72.2. The Morgan fingerprint density at radius 1 is 0.169 bits per heavy atom. The molecule has 37 nitrogen and oxygen atoms in total. The average molecular weight is 1750 g/mol. The molecule has 0 aromatic carbocycles. The second-order valence-corrected chi connectivity index (χ2v) is 22.9. The fraction of sp³-hybridized carbons (Fsp3) is 0.448. The summed E-state index contributed by atoms with van der Waals surface area (Å²) in [4.78, 5) is 171. The molecule has 0 heterocycles. The molecule has 0 spiro atoms. The predicted molar refractivity (Wildman–Crippen MR) is 476 cm³/mol. The number of hydrogen-bond acceptors (Lipinski definition) is 26. The first-order valence-corrected chi connectivity index (χ1v) is 39.2. The minimum Gasteiger partial charge on any atom is -0.463 e. The quantitative estimate of drug-likeness (QED) is 0.0180. The molecular weight excluding hydrogens is 1620 g/mol. The van der Waals surface area contributed by atoms with Gasteiger partial charge >= 0.3 is 11.9 Å². The summed E-state index contributed by atoms with van der Waals surface area (Å²) in [5.41, 5.74) is 0. The number of ether oxygens (including phenoxy) is 10. The molecule has 0 aromatic heterocycles. The largest absolute Gasteiger partial charge is 0.463 e. The first-order chi connectivity index (χ1) is 59.6. The van der Waals surface area contributed by atoms with Gasteiger partial charge in [0.15, 0.2) is 17.3 Å². The van der Waals surface area contributed by atoms with Gasteiger partial charge in [-0.3, -0.25) is 67.1 Å². The molecule has 696 valence electrons. The van der Waals surface area contributed by atoms with Gasteiger partial charge < -0.3 is 106 Å². The highest BCUT2D eigenvalue weighted by molar-refractivity contribution is 5.92. The number of nitrogens with one attached hydrogen (secondary N) is 11. The summed E-state index contributed by atoms with van der Waals surface area (Å²) in [6, 6.07) is 0. The Morgan fingerprint density at radius 2 is 0.363 bits per heavy atom. The zero-order valence-electron chi connectivity index (χ0n) is 72.2. The van der Waals surface area contributed by atoms with E-state index >= 15 is 0 Å². The molecule has 37 heteroatoms. The van der Waals surface area contributed by atoms with Crippen molar-refractivity contribution >= 4 is 94.3 Å².